The Kier molecular flexibility index (Phi) is 5.41. The van der Waals surface area contributed by atoms with Crippen LogP contribution in [0.15, 0.2) is 42.7 Å². The monoisotopic (exact) mass is 394 g/mol. The molecule has 8 heteroatoms. The van der Waals surface area contributed by atoms with Crippen LogP contribution in [0.25, 0.3) is 0 Å². The number of rotatable bonds is 4. The van der Waals surface area contributed by atoms with Gasteiger partial charge in [0.25, 0.3) is 11.8 Å². The number of amides is 3. The summed E-state index contributed by atoms with van der Waals surface area (Å²) in [4.78, 5) is 44.8. The van der Waals surface area contributed by atoms with Crippen LogP contribution < -0.4 is 15.0 Å². The van der Waals surface area contributed by atoms with Gasteiger partial charge in [-0.2, -0.15) is 0 Å². The molecule has 8 nitrogen and oxygen atoms in total. The normalized spacial score (nSPS) is 16.1. The molecule has 0 radical (unpaired) electrons. The fourth-order valence-corrected chi connectivity index (χ4v) is 3.57. The van der Waals surface area contributed by atoms with Crippen molar-refractivity contribution in [1.82, 2.24) is 9.88 Å². The van der Waals surface area contributed by atoms with E-state index in [2.05, 4.69) is 10.3 Å². The maximum atomic E-state index is 12.8. The number of benzene rings is 1. The molecule has 0 atom stereocenters. The highest BCUT2D eigenvalue weighted by Gasteiger charge is 2.29. The van der Waals surface area contributed by atoms with Gasteiger partial charge in [0.2, 0.25) is 5.91 Å². The lowest BCUT2D eigenvalue weighted by atomic mass is 10.1. The molecule has 1 aromatic heterocycles. The number of likely N-dealkylation sites (tertiary alicyclic amines) is 1. The van der Waals surface area contributed by atoms with Crippen LogP contribution in [-0.2, 0) is 9.59 Å². The molecule has 1 N–H and O–H groups in total. The van der Waals surface area contributed by atoms with Gasteiger partial charge in [0.15, 0.2) is 6.61 Å². The van der Waals surface area contributed by atoms with Gasteiger partial charge in [-0.15, -0.1) is 0 Å². The summed E-state index contributed by atoms with van der Waals surface area (Å²) in [5, 5.41) is 2.74. The molecule has 150 valence electrons. The zero-order valence-corrected chi connectivity index (χ0v) is 16.0. The number of carbonyl (C=O) groups is 3. The molecule has 2 aliphatic rings. The minimum Gasteiger partial charge on any atom is -0.482 e. The molecule has 1 fully saturated rings. The molecule has 0 spiro atoms. The minimum absolute atomic E-state index is 0.0632. The summed E-state index contributed by atoms with van der Waals surface area (Å²) in [5.74, 6) is -0.252. The first kappa shape index (κ1) is 18.9. The number of fused-ring (bicyclic) bond motifs is 1. The van der Waals surface area contributed by atoms with Crippen LogP contribution in [0.3, 0.4) is 0 Å². The van der Waals surface area contributed by atoms with Crippen LogP contribution >= 0.6 is 0 Å². The Morgan fingerprint density at radius 3 is 2.59 bits per heavy atom. The lowest BCUT2D eigenvalue weighted by Gasteiger charge is -2.30. The number of nitrogens with one attached hydrogen (secondary N) is 1. The molecule has 3 amide bonds. The van der Waals surface area contributed by atoms with E-state index in [1.165, 1.54) is 4.90 Å². The second-order valence-electron chi connectivity index (χ2n) is 7.09. The summed E-state index contributed by atoms with van der Waals surface area (Å²) in [6, 6.07) is 8.38. The first-order chi connectivity index (χ1) is 14.1. The highest BCUT2D eigenvalue weighted by molar-refractivity contribution is 6.06. The van der Waals surface area contributed by atoms with Crippen LogP contribution in [-0.4, -0.2) is 53.8 Å². The van der Waals surface area contributed by atoms with Crippen LogP contribution in [0.5, 0.6) is 5.75 Å². The van der Waals surface area contributed by atoms with Crippen molar-refractivity contribution in [2.24, 2.45) is 0 Å². The quantitative estimate of drug-likeness (QED) is 0.857. The number of pyridine rings is 1. The van der Waals surface area contributed by atoms with Gasteiger partial charge >= 0.3 is 0 Å². The number of carbonyl (C=O) groups excluding carboxylic acids is 3. The SMILES string of the molecule is O=C(CN1C(=O)COc2ccc(C(=O)N3CCCCC3)cc21)Nc1ccncc1. The van der Waals surface area contributed by atoms with E-state index in [1.807, 2.05) is 4.90 Å². The van der Waals surface area contributed by atoms with Crippen molar-refractivity contribution in [3.63, 3.8) is 0 Å². The minimum atomic E-state index is -0.342. The third kappa shape index (κ3) is 4.21. The highest BCUT2D eigenvalue weighted by atomic mass is 16.5. The lowest BCUT2D eigenvalue weighted by Crippen LogP contribution is -2.43. The molecule has 2 aliphatic heterocycles. The average molecular weight is 394 g/mol. The van der Waals surface area contributed by atoms with E-state index >= 15 is 0 Å². The predicted molar refractivity (Wildman–Crippen MR) is 107 cm³/mol. The number of hydrogen-bond donors (Lipinski definition) is 1. The van der Waals surface area contributed by atoms with Gasteiger partial charge in [0, 0.05) is 36.7 Å². The van der Waals surface area contributed by atoms with Gasteiger partial charge in [-0.25, -0.2) is 0 Å². The van der Waals surface area contributed by atoms with Gasteiger partial charge < -0.3 is 15.0 Å². The zero-order valence-electron chi connectivity index (χ0n) is 16.0. The third-order valence-corrected chi connectivity index (χ3v) is 5.06. The Morgan fingerprint density at radius 2 is 1.83 bits per heavy atom. The summed E-state index contributed by atoms with van der Waals surface area (Å²) in [6.45, 7) is 1.17. The van der Waals surface area contributed by atoms with Crippen molar-refractivity contribution in [3.8, 4) is 5.75 Å². The number of piperidine rings is 1. The van der Waals surface area contributed by atoms with Gasteiger partial charge in [-0.1, -0.05) is 0 Å². The van der Waals surface area contributed by atoms with Gasteiger partial charge in [-0.05, 0) is 49.6 Å². The van der Waals surface area contributed by atoms with Crippen LogP contribution in [0.1, 0.15) is 29.6 Å². The van der Waals surface area contributed by atoms with Gasteiger partial charge in [0.05, 0.1) is 5.69 Å². The van der Waals surface area contributed by atoms with E-state index in [-0.39, 0.29) is 30.9 Å². The summed E-state index contributed by atoms with van der Waals surface area (Å²) < 4.78 is 5.49. The molecule has 1 aromatic carbocycles. The molecule has 29 heavy (non-hydrogen) atoms. The molecule has 4 rings (SSSR count). The fraction of sp³-hybridized carbons (Fsp3) is 0.333. The summed E-state index contributed by atoms with van der Waals surface area (Å²) in [6.07, 6.45) is 6.28. The number of nitrogens with zero attached hydrogens (tertiary/aromatic N) is 3. The van der Waals surface area contributed by atoms with E-state index in [9.17, 15) is 14.4 Å². The lowest BCUT2D eigenvalue weighted by molar-refractivity contribution is -0.123. The largest absolute Gasteiger partial charge is 0.482 e. The number of aromatic nitrogens is 1. The highest BCUT2D eigenvalue weighted by Crippen LogP contribution is 2.33. The zero-order chi connectivity index (χ0) is 20.2. The first-order valence-electron chi connectivity index (χ1n) is 9.68. The Labute approximate surface area is 168 Å². The van der Waals surface area contributed by atoms with E-state index in [0.717, 1.165) is 32.4 Å². The van der Waals surface area contributed by atoms with Gasteiger partial charge in [0.1, 0.15) is 12.3 Å². The molecule has 0 aliphatic carbocycles. The predicted octanol–water partition coefficient (Wildman–Crippen LogP) is 2.07. The fourth-order valence-electron chi connectivity index (χ4n) is 3.57. The Balaban J connectivity index is 1.54. The number of hydrogen-bond acceptors (Lipinski definition) is 5. The third-order valence-electron chi connectivity index (χ3n) is 5.06. The molecule has 2 aromatic rings. The Hall–Kier alpha value is -3.42. The molecule has 0 saturated carbocycles. The average Bonchev–Trinajstić information content (AvgIpc) is 2.76. The number of ether oxygens (including phenoxy) is 1. The van der Waals surface area contributed by atoms with Gasteiger partial charge in [-0.3, -0.25) is 24.3 Å². The van der Waals surface area contributed by atoms with E-state index in [1.54, 1.807) is 42.7 Å². The van der Waals surface area contributed by atoms with Crippen molar-refractivity contribution < 1.29 is 19.1 Å². The molecule has 1 saturated heterocycles. The van der Waals surface area contributed by atoms with Crippen molar-refractivity contribution >= 4 is 29.1 Å². The molecular weight excluding hydrogens is 372 g/mol. The van der Waals surface area contributed by atoms with Crippen molar-refractivity contribution in [1.29, 1.82) is 0 Å². The van der Waals surface area contributed by atoms with E-state index in [4.69, 9.17) is 4.74 Å². The molecule has 0 bridgehead atoms. The van der Waals surface area contributed by atoms with E-state index in [0.29, 0.717) is 22.7 Å². The smallest absolute Gasteiger partial charge is 0.265 e. The van der Waals surface area contributed by atoms with E-state index < -0.39 is 0 Å². The van der Waals surface area contributed by atoms with Crippen molar-refractivity contribution in [3.05, 3.63) is 48.3 Å². The van der Waals surface area contributed by atoms with Crippen LogP contribution in [0.2, 0.25) is 0 Å². The van der Waals surface area contributed by atoms with Crippen LogP contribution in [0.4, 0.5) is 11.4 Å². The standard InChI is InChI=1S/C21H22N4O4/c26-19(23-16-6-8-22-9-7-16)13-25-17-12-15(4-5-18(17)29-14-20(25)27)21(28)24-10-2-1-3-11-24/h4-9,12H,1-3,10-11,13-14H2,(H,22,23,26). The van der Waals surface area contributed by atoms with Crippen LogP contribution in [0, 0.1) is 0 Å². The topological polar surface area (TPSA) is 91.8 Å². The summed E-state index contributed by atoms with van der Waals surface area (Å²) in [5.41, 5.74) is 1.53. The summed E-state index contributed by atoms with van der Waals surface area (Å²) in [7, 11) is 0. The Morgan fingerprint density at radius 1 is 1.07 bits per heavy atom. The van der Waals surface area contributed by atoms with Crippen molar-refractivity contribution in [2.45, 2.75) is 19.3 Å². The maximum absolute atomic E-state index is 12.8. The van der Waals surface area contributed by atoms with Crippen molar-refractivity contribution in [2.75, 3.05) is 36.5 Å². The first-order valence-corrected chi connectivity index (χ1v) is 9.68. The molecule has 0 unspecified atom stereocenters. The number of anilines is 2. The second-order valence-corrected chi connectivity index (χ2v) is 7.09. The maximum Gasteiger partial charge on any atom is 0.265 e. The Bertz CT molecular complexity index is 926. The molecule has 3 heterocycles. The summed E-state index contributed by atoms with van der Waals surface area (Å²) >= 11 is 0. The second kappa shape index (κ2) is 8.30. The molecular formula is C21H22N4O4.